The molecule has 0 radical (unpaired) electrons. The van der Waals surface area contributed by atoms with Crippen molar-refractivity contribution in [2.75, 3.05) is 13.7 Å². The van der Waals surface area contributed by atoms with Gasteiger partial charge >= 0.3 is 0 Å². The zero-order chi connectivity index (χ0) is 10.6. The summed E-state index contributed by atoms with van der Waals surface area (Å²) < 4.78 is 0. The summed E-state index contributed by atoms with van der Waals surface area (Å²) >= 11 is 5.78. The Morgan fingerprint density at radius 3 is 2.86 bits per heavy atom. The van der Waals surface area contributed by atoms with Crippen molar-refractivity contribution in [1.29, 1.82) is 5.26 Å². The minimum atomic E-state index is -0.153. The van der Waals surface area contributed by atoms with Crippen LogP contribution in [0.15, 0.2) is 18.2 Å². The van der Waals surface area contributed by atoms with Gasteiger partial charge in [-0.25, -0.2) is 0 Å². The molecule has 1 rings (SSSR count). The highest BCUT2D eigenvalue weighted by Crippen LogP contribution is 2.20. The lowest BCUT2D eigenvalue weighted by atomic mass is 10.1. The number of nitrogens with one attached hydrogen (secondary N) is 1. The number of aliphatic hydroxyl groups is 1. The summed E-state index contributed by atoms with van der Waals surface area (Å²) in [6, 6.07) is 6.98. The normalized spacial score (nSPS) is 12.1. The molecule has 0 unspecified atom stereocenters. The first kappa shape index (κ1) is 11.0. The summed E-state index contributed by atoms with van der Waals surface area (Å²) in [7, 11) is 1.75. The molecular formula is C10H11ClN2O. The van der Waals surface area contributed by atoms with E-state index < -0.39 is 0 Å². The van der Waals surface area contributed by atoms with Crippen LogP contribution in [-0.4, -0.2) is 18.8 Å². The number of rotatable bonds is 3. The fraction of sp³-hybridized carbons (Fsp3) is 0.300. The number of hydrogen-bond acceptors (Lipinski definition) is 3. The van der Waals surface area contributed by atoms with Crippen LogP contribution in [0.4, 0.5) is 0 Å². The van der Waals surface area contributed by atoms with Crippen molar-refractivity contribution in [3.63, 3.8) is 0 Å². The highest BCUT2D eigenvalue weighted by Gasteiger charge is 2.09. The first-order valence-electron chi connectivity index (χ1n) is 4.20. The lowest BCUT2D eigenvalue weighted by molar-refractivity contribution is 0.251. The minimum absolute atomic E-state index is 0.0109. The molecule has 0 amide bonds. The van der Waals surface area contributed by atoms with E-state index >= 15 is 0 Å². The van der Waals surface area contributed by atoms with E-state index in [9.17, 15) is 0 Å². The highest BCUT2D eigenvalue weighted by molar-refractivity contribution is 6.31. The molecule has 4 heteroatoms. The predicted octanol–water partition coefficient (Wildman–Crippen LogP) is 1.46. The fourth-order valence-corrected chi connectivity index (χ4v) is 1.37. The van der Waals surface area contributed by atoms with Gasteiger partial charge in [0.2, 0.25) is 0 Å². The van der Waals surface area contributed by atoms with Crippen LogP contribution in [0.25, 0.3) is 0 Å². The van der Waals surface area contributed by atoms with Gasteiger partial charge in [-0.1, -0.05) is 17.7 Å². The molecule has 74 valence electrons. The molecule has 1 atom stereocenters. The van der Waals surface area contributed by atoms with Crippen LogP contribution < -0.4 is 5.32 Å². The molecule has 0 aliphatic heterocycles. The second kappa shape index (κ2) is 4.97. The SMILES string of the molecule is CN[C@@H](CO)c1ccc(Cl)c(C#N)c1. The van der Waals surface area contributed by atoms with Crippen LogP contribution >= 0.6 is 11.6 Å². The fourth-order valence-electron chi connectivity index (χ4n) is 1.21. The van der Waals surface area contributed by atoms with Crippen molar-refractivity contribution in [3.8, 4) is 6.07 Å². The van der Waals surface area contributed by atoms with E-state index in [4.69, 9.17) is 22.0 Å². The monoisotopic (exact) mass is 210 g/mol. The summed E-state index contributed by atoms with van der Waals surface area (Å²) in [5.41, 5.74) is 1.29. The Kier molecular flexibility index (Phi) is 3.90. The van der Waals surface area contributed by atoms with Crippen molar-refractivity contribution in [1.82, 2.24) is 5.32 Å². The van der Waals surface area contributed by atoms with Gasteiger partial charge in [-0.3, -0.25) is 0 Å². The van der Waals surface area contributed by atoms with Gasteiger partial charge in [0.15, 0.2) is 0 Å². The third-order valence-electron chi connectivity index (χ3n) is 2.04. The first-order chi connectivity index (χ1) is 6.72. The van der Waals surface area contributed by atoms with Crippen molar-refractivity contribution in [2.45, 2.75) is 6.04 Å². The lowest BCUT2D eigenvalue weighted by Gasteiger charge is -2.13. The van der Waals surface area contributed by atoms with E-state index in [1.54, 1.807) is 25.2 Å². The standard InChI is InChI=1S/C10H11ClN2O/c1-13-10(6-14)7-2-3-9(11)8(4-7)5-12/h2-4,10,13-14H,6H2,1H3/t10-/m0/s1. The summed E-state index contributed by atoms with van der Waals surface area (Å²) in [4.78, 5) is 0. The Bertz CT molecular complexity index is 356. The number of nitrogens with zero attached hydrogens (tertiary/aromatic N) is 1. The number of hydrogen-bond donors (Lipinski definition) is 2. The van der Waals surface area contributed by atoms with Gasteiger partial charge in [-0.05, 0) is 24.7 Å². The molecule has 1 aromatic carbocycles. The predicted molar refractivity (Wildman–Crippen MR) is 55.1 cm³/mol. The number of aliphatic hydroxyl groups excluding tert-OH is 1. The minimum Gasteiger partial charge on any atom is -0.394 e. The van der Waals surface area contributed by atoms with Crippen LogP contribution in [-0.2, 0) is 0 Å². The molecule has 0 saturated heterocycles. The zero-order valence-electron chi connectivity index (χ0n) is 7.79. The first-order valence-corrected chi connectivity index (χ1v) is 4.58. The highest BCUT2D eigenvalue weighted by atomic mass is 35.5. The van der Waals surface area contributed by atoms with Gasteiger partial charge in [0, 0.05) is 0 Å². The molecule has 1 aromatic rings. The molecule has 3 nitrogen and oxygen atoms in total. The number of likely N-dealkylation sites (N-methyl/N-ethyl adjacent to an activating group) is 1. The van der Waals surface area contributed by atoms with E-state index in [1.807, 2.05) is 6.07 Å². The topological polar surface area (TPSA) is 56.0 Å². The maximum atomic E-state index is 9.03. The largest absolute Gasteiger partial charge is 0.394 e. The van der Waals surface area contributed by atoms with Gasteiger partial charge in [0.1, 0.15) is 6.07 Å². The van der Waals surface area contributed by atoms with Crippen LogP contribution in [0.5, 0.6) is 0 Å². The average Bonchev–Trinajstić information content (AvgIpc) is 2.22. The molecule has 0 aliphatic carbocycles. The molecule has 2 N–H and O–H groups in total. The Labute approximate surface area is 87.9 Å². The maximum absolute atomic E-state index is 9.03. The maximum Gasteiger partial charge on any atom is 0.101 e. The number of nitriles is 1. The second-order valence-corrected chi connectivity index (χ2v) is 3.28. The van der Waals surface area contributed by atoms with Crippen molar-refractivity contribution >= 4 is 11.6 Å². The third-order valence-corrected chi connectivity index (χ3v) is 2.37. The van der Waals surface area contributed by atoms with Crippen LogP contribution in [0.1, 0.15) is 17.2 Å². The molecule has 0 fully saturated rings. The number of benzene rings is 1. The molecule has 14 heavy (non-hydrogen) atoms. The van der Waals surface area contributed by atoms with Crippen LogP contribution in [0, 0.1) is 11.3 Å². The van der Waals surface area contributed by atoms with Gasteiger partial charge < -0.3 is 10.4 Å². The van der Waals surface area contributed by atoms with Gasteiger partial charge in [0.05, 0.1) is 23.2 Å². The van der Waals surface area contributed by atoms with E-state index in [2.05, 4.69) is 5.32 Å². The van der Waals surface area contributed by atoms with Crippen molar-refractivity contribution < 1.29 is 5.11 Å². The molecule has 0 bridgehead atoms. The molecule has 0 spiro atoms. The second-order valence-electron chi connectivity index (χ2n) is 2.87. The molecular weight excluding hydrogens is 200 g/mol. The van der Waals surface area contributed by atoms with Gasteiger partial charge in [-0.2, -0.15) is 5.26 Å². The Morgan fingerprint density at radius 2 is 2.36 bits per heavy atom. The quantitative estimate of drug-likeness (QED) is 0.795. The summed E-state index contributed by atoms with van der Waals surface area (Å²) in [5, 5.41) is 21.2. The van der Waals surface area contributed by atoms with E-state index in [0.29, 0.717) is 10.6 Å². The molecule has 0 heterocycles. The molecule has 0 aromatic heterocycles. The Hall–Kier alpha value is -1.08. The Balaban J connectivity index is 3.06. The van der Waals surface area contributed by atoms with Crippen molar-refractivity contribution in [2.24, 2.45) is 0 Å². The van der Waals surface area contributed by atoms with Gasteiger partial charge in [0.25, 0.3) is 0 Å². The molecule has 0 aliphatic rings. The molecule has 0 saturated carbocycles. The van der Waals surface area contributed by atoms with Gasteiger partial charge in [-0.15, -0.1) is 0 Å². The summed E-state index contributed by atoms with van der Waals surface area (Å²) in [5.74, 6) is 0. The lowest BCUT2D eigenvalue weighted by Crippen LogP contribution is -2.19. The van der Waals surface area contributed by atoms with Crippen LogP contribution in [0.3, 0.4) is 0 Å². The van der Waals surface area contributed by atoms with E-state index in [1.165, 1.54) is 0 Å². The third kappa shape index (κ3) is 2.24. The zero-order valence-corrected chi connectivity index (χ0v) is 8.54. The summed E-state index contributed by atoms with van der Waals surface area (Å²) in [6.45, 7) is -0.0109. The summed E-state index contributed by atoms with van der Waals surface area (Å²) in [6.07, 6.45) is 0. The van der Waals surface area contributed by atoms with E-state index in [-0.39, 0.29) is 12.6 Å². The van der Waals surface area contributed by atoms with E-state index in [0.717, 1.165) is 5.56 Å². The average molecular weight is 211 g/mol. The Morgan fingerprint density at radius 1 is 1.64 bits per heavy atom. The van der Waals surface area contributed by atoms with Crippen LogP contribution in [0.2, 0.25) is 5.02 Å². The smallest absolute Gasteiger partial charge is 0.101 e. The number of halogens is 1. The van der Waals surface area contributed by atoms with Crippen molar-refractivity contribution in [3.05, 3.63) is 34.3 Å².